The second-order valence-electron chi connectivity index (χ2n) is 6.68. The molecule has 1 aliphatic carbocycles. The molecule has 0 radical (unpaired) electrons. The van der Waals surface area contributed by atoms with Gasteiger partial charge in [0.05, 0.1) is 12.1 Å². The van der Waals surface area contributed by atoms with Crippen molar-refractivity contribution in [3.8, 4) is 0 Å². The highest BCUT2D eigenvalue weighted by molar-refractivity contribution is 5.72. The number of ether oxygens (including phenoxy) is 2. The lowest BCUT2D eigenvalue weighted by Crippen LogP contribution is -2.67. The third-order valence-corrected chi connectivity index (χ3v) is 4.68. The molecular weight excluding hydrogens is 336 g/mol. The van der Waals surface area contributed by atoms with Gasteiger partial charge in [0.2, 0.25) is 5.91 Å². The number of nitrogens with two attached hydrogens (primary N) is 3. The summed E-state index contributed by atoms with van der Waals surface area (Å²) in [5.74, 6) is -0.334. The number of amides is 1. The Hall–Kier alpha value is -0.890. The number of nitrogens with one attached hydrogen (secondary N) is 1. The van der Waals surface area contributed by atoms with Gasteiger partial charge in [0.15, 0.2) is 6.29 Å². The van der Waals surface area contributed by atoms with E-state index in [1.807, 2.05) is 0 Å². The molecule has 0 unspecified atom stereocenters. The number of hydrogen-bond acceptors (Lipinski definition) is 10. The Labute approximate surface area is 145 Å². The van der Waals surface area contributed by atoms with Crippen molar-refractivity contribution < 1.29 is 34.7 Å². The van der Waals surface area contributed by atoms with Crippen LogP contribution in [-0.4, -0.2) is 93.9 Å². The van der Waals surface area contributed by atoms with Crippen LogP contribution in [0.25, 0.3) is 0 Å². The molecule has 2 rings (SSSR count). The minimum absolute atomic E-state index is 0.0626. The minimum atomic E-state index is -1.37. The zero-order valence-electron chi connectivity index (χ0n) is 13.9. The summed E-state index contributed by atoms with van der Waals surface area (Å²) in [5, 5.41) is 42.7. The number of hydrogen-bond donors (Lipinski definition) is 8. The van der Waals surface area contributed by atoms with E-state index in [2.05, 4.69) is 5.32 Å². The second-order valence-corrected chi connectivity index (χ2v) is 6.68. The van der Waals surface area contributed by atoms with Gasteiger partial charge in [0, 0.05) is 25.6 Å². The van der Waals surface area contributed by atoms with Gasteiger partial charge in [-0.1, -0.05) is 0 Å². The van der Waals surface area contributed by atoms with Gasteiger partial charge in [-0.15, -0.1) is 0 Å². The molecule has 11 heteroatoms. The highest BCUT2D eigenvalue weighted by atomic mass is 16.7. The van der Waals surface area contributed by atoms with Crippen molar-refractivity contribution in [2.45, 2.75) is 74.4 Å². The Morgan fingerprint density at radius 1 is 1.08 bits per heavy atom. The molecule has 25 heavy (non-hydrogen) atoms. The fraction of sp³-hybridized carbons (Fsp3) is 0.929. The summed E-state index contributed by atoms with van der Waals surface area (Å²) in [4.78, 5) is 11.0. The smallest absolute Gasteiger partial charge is 0.216 e. The first-order valence-corrected chi connectivity index (χ1v) is 8.17. The first-order chi connectivity index (χ1) is 11.6. The van der Waals surface area contributed by atoms with Crippen molar-refractivity contribution in [2.24, 2.45) is 17.2 Å². The molecule has 0 aromatic heterocycles. The summed E-state index contributed by atoms with van der Waals surface area (Å²) in [5.41, 5.74) is 17.5. The van der Waals surface area contributed by atoms with Gasteiger partial charge in [0.1, 0.15) is 30.5 Å². The van der Waals surface area contributed by atoms with Crippen molar-refractivity contribution in [1.29, 1.82) is 0 Å². The lowest BCUT2D eigenvalue weighted by atomic mass is 9.84. The van der Waals surface area contributed by atoms with E-state index in [-0.39, 0.29) is 18.9 Å². The Morgan fingerprint density at radius 2 is 1.72 bits per heavy atom. The predicted octanol–water partition coefficient (Wildman–Crippen LogP) is -4.94. The van der Waals surface area contributed by atoms with E-state index in [9.17, 15) is 25.2 Å². The number of aliphatic hydroxyl groups excluding tert-OH is 4. The summed E-state index contributed by atoms with van der Waals surface area (Å²) in [7, 11) is 0. The molecule has 1 amide bonds. The average molecular weight is 364 g/mol. The maximum Gasteiger partial charge on any atom is 0.216 e. The lowest BCUT2D eigenvalue weighted by molar-refractivity contribution is -0.288. The Bertz CT molecular complexity index is 470. The largest absolute Gasteiger partial charge is 0.389 e. The number of carbonyl (C=O) groups excluding carboxylic acids is 1. The average Bonchev–Trinajstić information content (AvgIpc) is 2.55. The van der Waals surface area contributed by atoms with E-state index < -0.39 is 61.0 Å². The van der Waals surface area contributed by atoms with Crippen molar-refractivity contribution >= 4 is 5.91 Å². The maximum atomic E-state index is 11.0. The zero-order valence-corrected chi connectivity index (χ0v) is 13.9. The summed E-state index contributed by atoms with van der Waals surface area (Å²) in [6.07, 6.45) is -8.26. The number of rotatable bonds is 4. The quantitative estimate of drug-likeness (QED) is 0.238. The predicted molar refractivity (Wildman–Crippen MR) is 84.8 cm³/mol. The van der Waals surface area contributed by atoms with E-state index >= 15 is 0 Å². The Kier molecular flexibility index (Phi) is 6.70. The minimum Gasteiger partial charge on any atom is -0.389 e. The van der Waals surface area contributed by atoms with E-state index in [0.29, 0.717) is 0 Å². The maximum absolute atomic E-state index is 11.0. The molecule has 0 spiro atoms. The molecule has 10 atom stereocenters. The molecule has 11 nitrogen and oxygen atoms in total. The van der Waals surface area contributed by atoms with Crippen LogP contribution in [0.2, 0.25) is 0 Å². The van der Waals surface area contributed by atoms with E-state index in [0.717, 1.165) is 0 Å². The van der Waals surface area contributed by atoms with Gasteiger partial charge in [-0.2, -0.15) is 0 Å². The van der Waals surface area contributed by atoms with Crippen LogP contribution in [0.15, 0.2) is 0 Å². The van der Waals surface area contributed by atoms with Crippen LogP contribution in [0.3, 0.4) is 0 Å². The zero-order chi connectivity index (χ0) is 18.9. The van der Waals surface area contributed by atoms with E-state index in [4.69, 9.17) is 26.7 Å². The molecule has 2 aliphatic rings. The highest BCUT2D eigenvalue weighted by Crippen LogP contribution is 2.27. The Balaban J connectivity index is 2.07. The molecule has 1 aliphatic heterocycles. The van der Waals surface area contributed by atoms with Gasteiger partial charge in [0.25, 0.3) is 0 Å². The standard InChI is InChI=1S/C14H28N4O7/c1-4(19)18-3-7-10(21)11(22)8(17)14(24-7)25-13-6(16)2-5(15)9(20)12(13)23/h5-14,20-23H,2-3,15-17H2,1H3,(H,18,19)/t5-,6+,7-,8-,9+,10-,11-,12-,13-,14-/m1/s1. The lowest BCUT2D eigenvalue weighted by Gasteiger charge is -2.45. The second kappa shape index (κ2) is 8.20. The van der Waals surface area contributed by atoms with Crippen molar-refractivity contribution in [2.75, 3.05) is 6.54 Å². The molecular formula is C14H28N4O7. The van der Waals surface area contributed by atoms with E-state index in [1.165, 1.54) is 6.92 Å². The Morgan fingerprint density at radius 3 is 2.32 bits per heavy atom. The molecule has 0 aromatic carbocycles. The fourth-order valence-corrected chi connectivity index (χ4v) is 3.11. The third-order valence-electron chi connectivity index (χ3n) is 4.68. The van der Waals surface area contributed by atoms with Crippen LogP contribution in [0.1, 0.15) is 13.3 Å². The first-order valence-electron chi connectivity index (χ1n) is 8.17. The van der Waals surface area contributed by atoms with Gasteiger partial charge in [-0.3, -0.25) is 4.79 Å². The van der Waals surface area contributed by atoms with Crippen LogP contribution in [0.4, 0.5) is 0 Å². The molecule has 2 fully saturated rings. The normalized spacial score (nSPS) is 48.2. The van der Waals surface area contributed by atoms with E-state index in [1.54, 1.807) is 0 Å². The molecule has 1 saturated heterocycles. The van der Waals surface area contributed by atoms with Crippen LogP contribution >= 0.6 is 0 Å². The summed E-state index contributed by atoms with van der Waals surface area (Å²) in [6.45, 7) is 1.24. The van der Waals surface area contributed by atoms with Crippen LogP contribution < -0.4 is 22.5 Å². The van der Waals surface area contributed by atoms with Gasteiger partial charge < -0.3 is 52.4 Å². The van der Waals surface area contributed by atoms with Crippen molar-refractivity contribution in [1.82, 2.24) is 5.32 Å². The topological polar surface area (TPSA) is 207 Å². The van der Waals surface area contributed by atoms with Crippen molar-refractivity contribution in [3.05, 3.63) is 0 Å². The van der Waals surface area contributed by atoms with Crippen LogP contribution in [0, 0.1) is 0 Å². The number of carbonyl (C=O) groups is 1. The summed E-state index contributed by atoms with van der Waals surface area (Å²) in [6, 6.07) is -2.48. The molecule has 0 bridgehead atoms. The first kappa shape index (κ1) is 20.4. The van der Waals surface area contributed by atoms with Crippen LogP contribution in [-0.2, 0) is 14.3 Å². The molecule has 1 heterocycles. The molecule has 146 valence electrons. The fourth-order valence-electron chi connectivity index (χ4n) is 3.11. The summed E-state index contributed by atoms with van der Waals surface area (Å²) >= 11 is 0. The highest BCUT2D eigenvalue weighted by Gasteiger charge is 2.48. The molecule has 1 saturated carbocycles. The van der Waals surface area contributed by atoms with Gasteiger partial charge in [-0.05, 0) is 6.42 Å². The van der Waals surface area contributed by atoms with Crippen LogP contribution in [0.5, 0.6) is 0 Å². The van der Waals surface area contributed by atoms with Crippen molar-refractivity contribution in [3.63, 3.8) is 0 Å². The number of aliphatic hydroxyl groups is 4. The monoisotopic (exact) mass is 364 g/mol. The third kappa shape index (κ3) is 4.45. The van der Waals surface area contributed by atoms with Gasteiger partial charge in [-0.25, -0.2) is 0 Å². The molecule has 11 N–H and O–H groups in total. The SMILES string of the molecule is CC(=O)NC[C@H]1O[C@H](O[C@H]2[C@H](O)[C@@H](O)[C@H](N)C[C@@H]2N)[C@H](N)[C@@H](O)[C@@H]1O. The molecule has 0 aromatic rings. The van der Waals surface area contributed by atoms with Gasteiger partial charge >= 0.3 is 0 Å². The summed E-state index contributed by atoms with van der Waals surface area (Å²) < 4.78 is 11.2.